The van der Waals surface area contributed by atoms with Gasteiger partial charge in [0.25, 0.3) is 0 Å². The molecule has 30 heavy (non-hydrogen) atoms. The van der Waals surface area contributed by atoms with Crippen molar-refractivity contribution in [3.63, 3.8) is 0 Å². The molecule has 0 aliphatic heterocycles. The molecular formula is C23H40IN5O. The first kappa shape index (κ1) is 26.7. The Morgan fingerprint density at radius 2 is 1.67 bits per heavy atom. The summed E-state index contributed by atoms with van der Waals surface area (Å²) in [4.78, 5) is 21.3. The molecule has 0 heterocycles. The third-order valence-electron chi connectivity index (χ3n) is 6.09. The van der Waals surface area contributed by atoms with Gasteiger partial charge in [-0.25, -0.2) is 0 Å². The van der Waals surface area contributed by atoms with Gasteiger partial charge in [0.1, 0.15) is 0 Å². The Morgan fingerprint density at radius 1 is 1.07 bits per heavy atom. The molecular weight excluding hydrogens is 489 g/mol. The quantitative estimate of drug-likeness (QED) is 0.292. The number of carbonyl (C=O) groups is 1. The van der Waals surface area contributed by atoms with Gasteiger partial charge in [-0.15, -0.1) is 24.0 Å². The van der Waals surface area contributed by atoms with Crippen molar-refractivity contribution in [3.8, 4) is 0 Å². The number of amides is 1. The minimum absolute atomic E-state index is 0. The van der Waals surface area contributed by atoms with Crippen LogP contribution in [0, 0.1) is 5.41 Å². The topological polar surface area (TPSA) is 60.0 Å². The minimum atomic E-state index is -0.304. The lowest BCUT2D eigenvalue weighted by atomic mass is 9.84. The highest BCUT2D eigenvalue weighted by atomic mass is 127. The zero-order chi connectivity index (χ0) is 21.3. The smallest absolute Gasteiger partial charge is 0.230 e. The third kappa shape index (κ3) is 7.11. The van der Waals surface area contributed by atoms with Gasteiger partial charge in [0.05, 0.1) is 5.41 Å². The van der Waals surface area contributed by atoms with E-state index in [-0.39, 0.29) is 35.3 Å². The highest BCUT2D eigenvalue weighted by Gasteiger charge is 2.42. The number of rotatable bonds is 9. The molecule has 0 bridgehead atoms. The Labute approximate surface area is 199 Å². The number of benzene rings is 1. The van der Waals surface area contributed by atoms with E-state index in [4.69, 9.17) is 0 Å². The largest absolute Gasteiger partial charge is 0.355 e. The van der Waals surface area contributed by atoms with Crippen molar-refractivity contribution in [2.24, 2.45) is 10.4 Å². The molecule has 0 unspecified atom stereocenters. The second-order valence-electron chi connectivity index (χ2n) is 8.20. The Hall–Kier alpha value is -1.35. The summed E-state index contributed by atoms with van der Waals surface area (Å²) in [5.41, 5.74) is 2.32. The molecule has 1 fully saturated rings. The Morgan fingerprint density at radius 3 is 2.20 bits per heavy atom. The van der Waals surface area contributed by atoms with Crippen LogP contribution in [0.2, 0.25) is 0 Å². The molecule has 0 saturated heterocycles. The Balaban J connectivity index is 0.00000450. The predicted molar refractivity (Wildman–Crippen MR) is 136 cm³/mol. The Kier molecular flexibility index (Phi) is 11.7. The summed E-state index contributed by atoms with van der Waals surface area (Å²) in [5.74, 6) is 0.975. The first-order valence-electron chi connectivity index (χ1n) is 10.9. The zero-order valence-corrected chi connectivity index (χ0v) is 21.7. The van der Waals surface area contributed by atoms with Gasteiger partial charge in [-0.05, 0) is 37.1 Å². The van der Waals surface area contributed by atoms with Crippen molar-refractivity contribution in [3.05, 3.63) is 35.4 Å². The van der Waals surface area contributed by atoms with E-state index < -0.39 is 0 Å². The molecule has 6 nitrogen and oxygen atoms in total. The fraction of sp³-hybridized carbons (Fsp3) is 0.652. The molecule has 0 atom stereocenters. The summed E-state index contributed by atoms with van der Waals surface area (Å²) >= 11 is 0. The molecule has 1 aromatic carbocycles. The van der Waals surface area contributed by atoms with E-state index in [0.717, 1.165) is 51.3 Å². The van der Waals surface area contributed by atoms with Crippen LogP contribution in [0.4, 0.5) is 0 Å². The van der Waals surface area contributed by atoms with E-state index in [9.17, 15) is 4.79 Å². The molecule has 1 saturated carbocycles. The maximum Gasteiger partial charge on any atom is 0.230 e. The SMILES string of the molecule is CCN(CC)Cc1ccccc1CNC(=NC)NCC1(C(=O)N(C)C)CCCC1.I. The highest BCUT2D eigenvalue weighted by molar-refractivity contribution is 14.0. The number of carbonyl (C=O) groups excluding carboxylic acids is 1. The number of guanidine groups is 1. The maximum absolute atomic E-state index is 12.8. The van der Waals surface area contributed by atoms with Gasteiger partial charge in [-0.3, -0.25) is 14.7 Å². The van der Waals surface area contributed by atoms with Gasteiger partial charge in [-0.1, -0.05) is 51.0 Å². The van der Waals surface area contributed by atoms with Crippen LogP contribution in [0.25, 0.3) is 0 Å². The van der Waals surface area contributed by atoms with E-state index in [2.05, 4.69) is 58.6 Å². The predicted octanol–water partition coefficient (Wildman–Crippen LogP) is 3.46. The molecule has 0 aromatic heterocycles. The maximum atomic E-state index is 12.8. The van der Waals surface area contributed by atoms with Gasteiger partial charge in [0, 0.05) is 40.8 Å². The highest BCUT2D eigenvalue weighted by Crippen LogP contribution is 2.38. The van der Waals surface area contributed by atoms with E-state index in [1.807, 2.05) is 14.1 Å². The normalized spacial score (nSPS) is 15.6. The van der Waals surface area contributed by atoms with Gasteiger partial charge in [0.2, 0.25) is 5.91 Å². The lowest BCUT2D eigenvalue weighted by Crippen LogP contribution is -2.49. The number of nitrogens with zero attached hydrogens (tertiary/aromatic N) is 3. The van der Waals surface area contributed by atoms with Crippen molar-refractivity contribution < 1.29 is 4.79 Å². The number of nitrogens with one attached hydrogen (secondary N) is 2. The molecule has 0 spiro atoms. The third-order valence-corrected chi connectivity index (χ3v) is 6.09. The van der Waals surface area contributed by atoms with E-state index in [0.29, 0.717) is 13.1 Å². The molecule has 1 aliphatic carbocycles. The molecule has 7 heteroatoms. The van der Waals surface area contributed by atoms with Crippen LogP contribution in [0.3, 0.4) is 0 Å². The number of hydrogen-bond acceptors (Lipinski definition) is 3. The van der Waals surface area contributed by atoms with E-state index >= 15 is 0 Å². The number of aliphatic imine (C=N–C) groups is 1. The van der Waals surface area contributed by atoms with Crippen molar-refractivity contribution in [1.29, 1.82) is 0 Å². The molecule has 0 radical (unpaired) electrons. The second-order valence-corrected chi connectivity index (χ2v) is 8.20. The summed E-state index contributed by atoms with van der Waals surface area (Å²) in [6.07, 6.45) is 4.12. The monoisotopic (exact) mass is 529 g/mol. The fourth-order valence-electron chi connectivity index (χ4n) is 4.22. The van der Waals surface area contributed by atoms with Crippen LogP contribution in [0.15, 0.2) is 29.3 Å². The van der Waals surface area contributed by atoms with Crippen LogP contribution < -0.4 is 10.6 Å². The van der Waals surface area contributed by atoms with Crippen LogP contribution in [0.1, 0.15) is 50.7 Å². The first-order valence-corrected chi connectivity index (χ1v) is 10.9. The lowest BCUT2D eigenvalue weighted by molar-refractivity contribution is -0.138. The van der Waals surface area contributed by atoms with Crippen molar-refractivity contribution in [2.75, 3.05) is 40.8 Å². The van der Waals surface area contributed by atoms with Crippen LogP contribution >= 0.6 is 24.0 Å². The van der Waals surface area contributed by atoms with Gasteiger partial charge in [-0.2, -0.15) is 0 Å². The molecule has 1 amide bonds. The molecule has 1 aromatic rings. The number of halogens is 1. The molecule has 170 valence electrons. The van der Waals surface area contributed by atoms with Gasteiger partial charge >= 0.3 is 0 Å². The van der Waals surface area contributed by atoms with Crippen LogP contribution in [0.5, 0.6) is 0 Å². The average Bonchev–Trinajstić information content (AvgIpc) is 3.22. The van der Waals surface area contributed by atoms with E-state index in [1.54, 1.807) is 11.9 Å². The van der Waals surface area contributed by atoms with E-state index in [1.165, 1.54) is 11.1 Å². The molecule has 2 rings (SSSR count). The van der Waals surface area contributed by atoms with Crippen molar-refractivity contribution >= 4 is 35.8 Å². The van der Waals surface area contributed by atoms with Crippen molar-refractivity contribution in [1.82, 2.24) is 20.4 Å². The van der Waals surface area contributed by atoms with Crippen LogP contribution in [-0.4, -0.2) is 62.4 Å². The second kappa shape index (κ2) is 13.1. The first-order chi connectivity index (χ1) is 14.0. The minimum Gasteiger partial charge on any atom is -0.355 e. The number of hydrogen-bond donors (Lipinski definition) is 2. The summed E-state index contributed by atoms with van der Waals surface area (Å²) in [6, 6.07) is 8.57. The molecule has 2 N–H and O–H groups in total. The van der Waals surface area contributed by atoms with Gasteiger partial charge < -0.3 is 15.5 Å². The summed E-state index contributed by atoms with van der Waals surface area (Å²) in [7, 11) is 5.48. The van der Waals surface area contributed by atoms with Crippen molar-refractivity contribution in [2.45, 2.75) is 52.6 Å². The van der Waals surface area contributed by atoms with Gasteiger partial charge in [0.15, 0.2) is 5.96 Å². The summed E-state index contributed by atoms with van der Waals surface area (Å²) in [5, 5.41) is 6.86. The molecule has 1 aliphatic rings. The summed E-state index contributed by atoms with van der Waals surface area (Å²) in [6.45, 7) is 8.79. The van der Waals surface area contributed by atoms with Crippen LogP contribution in [-0.2, 0) is 17.9 Å². The zero-order valence-electron chi connectivity index (χ0n) is 19.3. The average molecular weight is 530 g/mol. The summed E-state index contributed by atoms with van der Waals surface area (Å²) < 4.78 is 0. The fourth-order valence-corrected chi connectivity index (χ4v) is 4.22. The standard InChI is InChI=1S/C23H39N5O.HI/c1-6-28(7-2)17-20-13-9-8-12-19(20)16-25-22(24-3)26-18-23(14-10-11-15-23)21(29)27(4)5;/h8-9,12-13H,6-7,10-11,14-18H2,1-5H3,(H2,24,25,26);1H. The lowest BCUT2D eigenvalue weighted by Gasteiger charge is -2.31. The Bertz CT molecular complexity index is 682.